The molecule has 0 radical (unpaired) electrons. The zero-order chi connectivity index (χ0) is 17.6. The Hall–Kier alpha value is -3.28. The monoisotopic (exact) mass is 337 g/mol. The molecule has 0 atom stereocenters. The predicted octanol–water partition coefficient (Wildman–Crippen LogP) is 3.93. The van der Waals surface area contributed by atoms with Crippen molar-refractivity contribution in [3.05, 3.63) is 72.4 Å². The molecule has 0 saturated heterocycles. The number of ether oxygens (including phenoxy) is 1. The van der Waals surface area contributed by atoms with Crippen LogP contribution in [0.4, 0.5) is 10.1 Å². The highest BCUT2D eigenvalue weighted by Crippen LogP contribution is 2.21. The van der Waals surface area contributed by atoms with Gasteiger partial charge in [-0.25, -0.2) is 9.37 Å². The van der Waals surface area contributed by atoms with Gasteiger partial charge in [0.25, 0.3) is 5.91 Å². The molecule has 1 aromatic heterocycles. The van der Waals surface area contributed by atoms with Crippen LogP contribution in [0.5, 0.6) is 5.75 Å². The van der Waals surface area contributed by atoms with Crippen LogP contribution in [0.25, 0.3) is 11.3 Å². The molecule has 0 saturated carbocycles. The molecular formula is C19H16FN3O2. The van der Waals surface area contributed by atoms with Crippen LogP contribution >= 0.6 is 0 Å². The van der Waals surface area contributed by atoms with Gasteiger partial charge in [-0.3, -0.25) is 9.78 Å². The number of carbonyl (C=O) groups excluding carboxylic acids is 1. The third-order valence-electron chi connectivity index (χ3n) is 3.45. The number of amides is 1. The van der Waals surface area contributed by atoms with Crippen molar-refractivity contribution in [1.29, 1.82) is 0 Å². The van der Waals surface area contributed by atoms with Crippen molar-refractivity contribution in [2.45, 2.75) is 6.92 Å². The van der Waals surface area contributed by atoms with E-state index in [-0.39, 0.29) is 11.4 Å². The second-order valence-corrected chi connectivity index (χ2v) is 5.18. The van der Waals surface area contributed by atoms with E-state index >= 15 is 0 Å². The van der Waals surface area contributed by atoms with Crippen LogP contribution in [0, 0.1) is 5.82 Å². The topological polar surface area (TPSA) is 64.1 Å². The minimum atomic E-state index is -0.523. The van der Waals surface area contributed by atoms with E-state index in [1.807, 2.05) is 31.2 Å². The molecule has 0 bridgehead atoms. The molecule has 0 spiro atoms. The number of hydrogen-bond donors (Lipinski definition) is 1. The van der Waals surface area contributed by atoms with Gasteiger partial charge in [-0.15, -0.1) is 0 Å². The van der Waals surface area contributed by atoms with Crippen LogP contribution in [0.1, 0.15) is 17.4 Å². The second-order valence-electron chi connectivity index (χ2n) is 5.18. The number of nitrogens with zero attached hydrogens (tertiary/aromatic N) is 2. The molecule has 126 valence electrons. The van der Waals surface area contributed by atoms with Crippen molar-refractivity contribution in [2.24, 2.45) is 0 Å². The summed E-state index contributed by atoms with van der Waals surface area (Å²) in [5.74, 6) is -0.274. The Bertz CT molecular complexity index is 882. The zero-order valence-electron chi connectivity index (χ0n) is 13.6. The fraction of sp³-hybridized carbons (Fsp3) is 0.105. The number of aromatic nitrogens is 2. The highest BCUT2D eigenvalue weighted by molar-refractivity contribution is 6.03. The maximum Gasteiger partial charge on any atom is 0.275 e. The molecule has 0 aliphatic rings. The number of rotatable bonds is 5. The van der Waals surface area contributed by atoms with Crippen molar-refractivity contribution in [1.82, 2.24) is 9.97 Å². The fourth-order valence-electron chi connectivity index (χ4n) is 2.25. The summed E-state index contributed by atoms with van der Waals surface area (Å²) in [5.41, 5.74) is 1.55. The number of hydrogen-bond acceptors (Lipinski definition) is 4. The van der Waals surface area contributed by atoms with Gasteiger partial charge >= 0.3 is 0 Å². The lowest BCUT2D eigenvalue weighted by Gasteiger charge is -2.07. The third kappa shape index (κ3) is 3.98. The second kappa shape index (κ2) is 7.53. The van der Waals surface area contributed by atoms with Gasteiger partial charge in [0.1, 0.15) is 17.3 Å². The Labute approximate surface area is 144 Å². The van der Waals surface area contributed by atoms with Gasteiger partial charge in [0.2, 0.25) is 0 Å². The van der Waals surface area contributed by atoms with Crippen LogP contribution in [0.2, 0.25) is 0 Å². The Morgan fingerprint density at radius 1 is 1.12 bits per heavy atom. The van der Waals surface area contributed by atoms with Crippen molar-refractivity contribution < 1.29 is 13.9 Å². The molecule has 3 aromatic rings. The number of benzene rings is 2. The average Bonchev–Trinajstić information content (AvgIpc) is 2.64. The summed E-state index contributed by atoms with van der Waals surface area (Å²) in [5, 5.41) is 2.49. The molecule has 0 unspecified atom stereocenters. The highest BCUT2D eigenvalue weighted by Gasteiger charge is 2.12. The predicted molar refractivity (Wildman–Crippen MR) is 93.0 cm³/mol. The van der Waals surface area contributed by atoms with E-state index in [2.05, 4.69) is 15.3 Å². The van der Waals surface area contributed by atoms with E-state index in [1.54, 1.807) is 18.3 Å². The minimum Gasteiger partial charge on any atom is -0.494 e. The number of nitrogens with one attached hydrogen (secondary N) is 1. The first kappa shape index (κ1) is 16.6. The van der Waals surface area contributed by atoms with E-state index in [4.69, 9.17) is 4.74 Å². The molecule has 1 heterocycles. The van der Waals surface area contributed by atoms with E-state index in [1.165, 1.54) is 18.3 Å². The maximum atomic E-state index is 13.6. The first-order chi connectivity index (χ1) is 12.2. The summed E-state index contributed by atoms with van der Waals surface area (Å²) in [6.07, 6.45) is 2.91. The summed E-state index contributed by atoms with van der Waals surface area (Å²) in [4.78, 5) is 20.7. The maximum absolute atomic E-state index is 13.6. The smallest absolute Gasteiger partial charge is 0.275 e. The molecule has 0 aliphatic heterocycles. The summed E-state index contributed by atoms with van der Waals surface area (Å²) < 4.78 is 19.0. The lowest BCUT2D eigenvalue weighted by atomic mass is 10.1. The largest absolute Gasteiger partial charge is 0.494 e. The van der Waals surface area contributed by atoms with Crippen molar-refractivity contribution >= 4 is 11.6 Å². The van der Waals surface area contributed by atoms with Crippen LogP contribution in [-0.4, -0.2) is 22.5 Å². The molecule has 0 fully saturated rings. The van der Waals surface area contributed by atoms with E-state index in [0.29, 0.717) is 12.3 Å². The third-order valence-corrected chi connectivity index (χ3v) is 3.45. The molecular weight excluding hydrogens is 321 g/mol. The standard InChI is InChI=1S/C19H16FN3O2/c1-2-25-14-9-7-13(8-10-14)17-11-21-12-18(22-17)19(24)23-16-6-4-3-5-15(16)20/h3-12H,2H2,1H3,(H,23,24). The number of carbonyl (C=O) groups is 1. The molecule has 5 nitrogen and oxygen atoms in total. The van der Waals surface area contributed by atoms with Crippen LogP contribution in [-0.2, 0) is 0 Å². The summed E-state index contributed by atoms with van der Waals surface area (Å²) in [6, 6.07) is 13.3. The Balaban J connectivity index is 1.81. The summed E-state index contributed by atoms with van der Waals surface area (Å²) >= 11 is 0. The average molecular weight is 337 g/mol. The highest BCUT2D eigenvalue weighted by atomic mass is 19.1. The van der Waals surface area contributed by atoms with Gasteiger partial charge in [-0.2, -0.15) is 0 Å². The summed E-state index contributed by atoms with van der Waals surface area (Å²) in [6.45, 7) is 2.50. The van der Waals surface area contributed by atoms with E-state index in [9.17, 15) is 9.18 Å². The minimum absolute atomic E-state index is 0.0979. The zero-order valence-corrected chi connectivity index (χ0v) is 13.6. The van der Waals surface area contributed by atoms with E-state index < -0.39 is 11.7 Å². The Morgan fingerprint density at radius 3 is 2.60 bits per heavy atom. The quantitative estimate of drug-likeness (QED) is 0.766. The first-order valence-corrected chi connectivity index (χ1v) is 7.78. The molecule has 1 amide bonds. The van der Waals surface area contributed by atoms with Gasteiger partial charge in [0.15, 0.2) is 0 Å². The van der Waals surface area contributed by atoms with Crippen molar-refractivity contribution in [2.75, 3.05) is 11.9 Å². The van der Waals surface area contributed by atoms with Crippen LogP contribution < -0.4 is 10.1 Å². The van der Waals surface area contributed by atoms with Crippen LogP contribution in [0.15, 0.2) is 60.9 Å². The number of para-hydroxylation sites is 1. The molecule has 25 heavy (non-hydrogen) atoms. The SMILES string of the molecule is CCOc1ccc(-c2cncc(C(=O)Nc3ccccc3F)n2)cc1. The Morgan fingerprint density at radius 2 is 1.88 bits per heavy atom. The number of halogens is 1. The van der Waals surface area contributed by atoms with Gasteiger partial charge in [-0.1, -0.05) is 12.1 Å². The van der Waals surface area contributed by atoms with Gasteiger partial charge in [-0.05, 0) is 43.3 Å². The first-order valence-electron chi connectivity index (χ1n) is 7.78. The van der Waals surface area contributed by atoms with Crippen molar-refractivity contribution in [3.8, 4) is 17.0 Å². The Kier molecular flexibility index (Phi) is 4.99. The molecule has 3 rings (SSSR count). The molecule has 1 N–H and O–H groups in total. The molecule has 0 aliphatic carbocycles. The fourth-order valence-corrected chi connectivity index (χ4v) is 2.25. The lowest BCUT2D eigenvalue weighted by molar-refractivity contribution is 0.102. The van der Waals surface area contributed by atoms with Gasteiger partial charge < -0.3 is 10.1 Å². The summed E-state index contributed by atoms with van der Waals surface area (Å²) in [7, 11) is 0. The number of anilines is 1. The van der Waals surface area contributed by atoms with Gasteiger partial charge in [0.05, 0.1) is 30.4 Å². The van der Waals surface area contributed by atoms with Gasteiger partial charge in [0, 0.05) is 5.56 Å². The van der Waals surface area contributed by atoms with E-state index in [0.717, 1.165) is 11.3 Å². The van der Waals surface area contributed by atoms with Crippen molar-refractivity contribution in [3.63, 3.8) is 0 Å². The molecule has 6 heteroatoms. The lowest BCUT2D eigenvalue weighted by Crippen LogP contribution is -2.15. The normalized spacial score (nSPS) is 10.3. The van der Waals surface area contributed by atoms with Crippen LogP contribution in [0.3, 0.4) is 0 Å². The molecule has 2 aromatic carbocycles.